The number of benzene rings is 2. The van der Waals surface area contributed by atoms with Gasteiger partial charge in [-0.15, -0.1) is 0 Å². The summed E-state index contributed by atoms with van der Waals surface area (Å²) >= 11 is 0. The number of oxazole rings is 1. The molecule has 0 saturated heterocycles. The molecule has 4 rings (SSSR count). The van der Waals surface area contributed by atoms with Gasteiger partial charge < -0.3 is 14.5 Å². The predicted octanol–water partition coefficient (Wildman–Crippen LogP) is 3.83. The molecule has 1 N–H and O–H groups in total. The zero-order valence-corrected chi connectivity index (χ0v) is 14.7. The van der Waals surface area contributed by atoms with Gasteiger partial charge in [-0.25, -0.2) is 4.98 Å². The number of aromatic nitrogens is 2. The van der Waals surface area contributed by atoms with Gasteiger partial charge in [0.1, 0.15) is 12.0 Å². The molecule has 1 amide bonds. The Morgan fingerprint density at radius 2 is 2.07 bits per heavy atom. The van der Waals surface area contributed by atoms with Crippen molar-refractivity contribution in [1.29, 1.82) is 0 Å². The van der Waals surface area contributed by atoms with Crippen molar-refractivity contribution in [1.82, 2.24) is 15.3 Å². The van der Waals surface area contributed by atoms with Crippen molar-refractivity contribution < 1.29 is 13.9 Å². The van der Waals surface area contributed by atoms with Gasteiger partial charge in [0.2, 0.25) is 0 Å². The molecule has 6 heteroatoms. The smallest absolute Gasteiger partial charge is 0.307 e. The summed E-state index contributed by atoms with van der Waals surface area (Å²) in [7, 11) is 1.65. The number of pyridine rings is 1. The Bertz CT molecular complexity index is 1090. The van der Waals surface area contributed by atoms with E-state index in [9.17, 15) is 4.79 Å². The summed E-state index contributed by atoms with van der Waals surface area (Å²) < 4.78 is 10.4. The van der Waals surface area contributed by atoms with Gasteiger partial charge in [-0.05, 0) is 40.3 Å². The Labute approximate surface area is 155 Å². The summed E-state index contributed by atoms with van der Waals surface area (Å²) in [6.45, 7) is 0.349. The van der Waals surface area contributed by atoms with Crippen LogP contribution < -0.4 is 10.1 Å². The van der Waals surface area contributed by atoms with Gasteiger partial charge in [0.15, 0.2) is 0 Å². The molecule has 0 aliphatic rings. The second-order valence-electron chi connectivity index (χ2n) is 5.95. The van der Waals surface area contributed by atoms with E-state index < -0.39 is 0 Å². The number of methoxy groups -OCH3 is 1. The van der Waals surface area contributed by atoms with Crippen LogP contribution in [0.25, 0.3) is 21.9 Å². The van der Waals surface area contributed by atoms with Crippen molar-refractivity contribution in [2.24, 2.45) is 0 Å². The molecule has 0 saturated carbocycles. The van der Waals surface area contributed by atoms with E-state index in [1.165, 1.54) is 12.5 Å². The van der Waals surface area contributed by atoms with Gasteiger partial charge in [-0.1, -0.05) is 24.3 Å². The Balaban J connectivity index is 1.69. The van der Waals surface area contributed by atoms with E-state index in [1.54, 1.807) is 13.3 Å². The number of carbonyl (C=O) groups is 1. The van der Waals surface area contributed by atoms with Gasteiger partial charge in [-0.3, -0.25) is 9.78 Å². The minimum absolute atomic E-state index is 0.0467. The van der Waals surface area contributed by atoms with Crippen molar-refractivity contribution in [3.63, 3.8) is 0 Å². The zero-order chi connectivity index (χ0) is 18.6. The van der Waals surface area contributed by atoms with Crippen LogP contribution in [0.1, 0.15) is 16.2 Å². The molecule has 6 nitrogen and oxygen atoms in total. The average Bonchev–Trinajstić information content (AvgIpc) is 3.27. The van der Waals surface area contributed by atoms with E-state index in [2.05, 4.69) is 15.3 Å². The average molecular weight is 359 g/mol. The number of ether oxygens (including phenoxy) is 1. The molecule has 0 radical (unpaired) electrons. The van der Waals surface area contributed by atoms with E-state index in [4.69, 9.17) is 9.15 Å². The molecular weight excluding hydrogens is 342 g/mol. The first kappa shape index (κ1) is 16.8. The summed E-state index contributed by atoms with van der Waals surface area (Å²) in [5.74, 6) is 0.497. The predicted molar refractivity (Wildman–Crippen MR) is 101 cm³/mol. The van der Waals surface area contributed by atoms with Crippen LogP contribution in [0.4, 0.5) is 0 Å². The van der Waals surface area contributed by atoms with E-state index in [0.29, 0.717) is 6.54 Å². The highest BCUT2D eigenvalue weighted by Crippen LogP contribution is 2.32. The van der Waals surface area contributed by atoms with Crippen LogP contribution in [-0.2, 0) is 6.54 Å². The molecule has 0 bridgehead atoms. The van der Waals surface area contributed by atoms with Crippen LogP contribution in [0, 0.1) is 0 Å². The number of nitrogens with zero attached hydrogens (tertiary/aromatic N) is 2. The number of fused-ring (bicyclic) bond motifs is 1. The maximum Gasteiger partial charge on any atom is 0.307 e. The molecule has 0 unspecified atom stereocenters. The molecule has 2 heterocycles. The lowest BCUT2D eigenvalue weighted by atomic mass is 9.96. The summed E-state index contributed by atoms with van der Waals surface area (Å²) in [6, 6.07) is 13.9. The number of hydrogen-bond acceptors (Lipinski definition) is 5. The minimum Gasteiger partial charge on any atom is -0.497 e. The van der Waals surface area contributed by atoms with Crippen LogP contribution >= 0.6 is 0 Å². The summed E-state index contributed by atoms with van der Waals surface area (Å²) in [5.41, 5.74) is 3.10. The van der Waals surface area contributed by atoms with Crippen molar-refractivity contribution in [2.75, 3.05) is 7.11 Å². The third-order valence-electron chi connectivity index (χ3n) is 4.36. The number of amides is 1. The fourth-order valence-electron chi connectivity index (χ4n) is 3.03. The molecule has 2 aromatic heterocycles. The highest BCUT2D eigenvalue weighted by atomic mass is 16.5. The van der Waals surface area contributed by atoms with Gasteiger partial charge in [0.05, 0.1) is 13.3 Å². The highest BCUT2D eigenvalue weighted by Gasteiger charge is 2.12. The summed E-state index contributed by atoms with van der Waals surface area (Å²) in [4.78, 5) is 20.2. The monoisotopic (exact) mass is 359 g/mol. The maximum absolute atomic E-state index is 12.1. The lowest BCUT2D eigenvalue weighted by molar-refractivity contribution is 0.0916. The van der Waals surface area contributed by atoms with E-state index in [1.807, 2.05) is 48.7 Å². The number of nitrogens with one attached hydrogen (secondary N) is 1. The second-order valence-corrected chi connectivity index (χ2v) is 5.95. The normalized spacial score (nSPS) is 10.7. The van der Waals surface area contributed by atoms with Crippen LogP contribution in [-0.4, -0.2) is 23.0 Å². The molecule has 0 aliphatic carbocycles. The second kappa shape index (κ2) is 7.29. The first-order valence-electron chi connectivity index (χ1n) is 8.44. The molecule has 0 aliphatic heterocycles. The van der Waals surface area contributed by atoms with Crippen LogP contribution in [0.2, 0.25) is 0 Å². The van der Waals surface area contributed by atoms with Crippen LogP contribution in [0.3, 0.4) is 0 Å². The third kappa shape index (κ3) is 3.37. The Morgan fingerprint density at radius 3 is 2.89 bits per heavy atom. The van der Waals surface area contributed by atoms with Crippen molar-refractivity contribution in [2.45, 2.75) is 6.54 Å². The number of hydrogen-bond donors (Lipinski definition) is 1. The van der Waals surface area contributed by atoms with Gasteiger partial charge in [0, 0.05) is 24.3 Å². The first-order valence-corrected chi connectivity index (χ1v) is 8.44. The van der Waals surface area contributed by atoms with Crippen molar-refractivity contribution in [3.05, 3.63) is 78.8 Å². The quantitative estimate of drug-likeness (QED) is 0.586. The van der Waals surface area contributed by atoms with Gasteiger partial charge in [-0.2, -0.15) is 0 Å². The molecule has 4 aromatic rings. The fraction of sp³-hybridized carbons (Fsp3) is 0.0952. The highest BCUT2D eigenvalue weighted by molar-refractivity contribution is 5.98. The first-order chi connectivity index (χ1) is 13.3. The molecule has 0 spiro atoms. The van der Waals surface area contributed by atoms with E-state index >= 15 is 0 Å². The third-order valence-corrected chi connectivity index (χ3v) is 4.36. The summed E-state index contributed by atoms with van der Waals surface area (Å²) in [6.07, 6.45) is 6.39. The Hall–Kier alpha value is -3.67. The van der Waals surface area contributed by atoms with Crippen LogP contribution in [0.15, 0.2) is 71.7 Å². The van der Waals surface area contributed by atoms with Gasteiger partial charge >= 0.3 is 5.91 Å². The maximum atomic E-state index is 12.1. The van der Waals surface area contributed by atoms with E-state index in [0.717, 1.165) is 33.2 Å². The van der Waals surface area contributed by atoms with Crippen LogP contribution in [0.5, 0.6) is 5.75 Å². The number of rotatable bonds is 5. The molecule has 0 atom stereocenters. The van der Waals surface area contributed by atoms with Gasteiger partial charge in [0.25, 0.3) is 5.89 Å². The molecular formula is C21H17N3O3. The fourth-order valence-corrected chi connectivity index (χ4v) is 3.03. The zero-order valence-electron chi connectivity index (χ0n) is 14.7. The molecule has 0 fully saturated rings. The Morgan fingerprint density at radius 1 is 1.15 bits per heavy atom. The minimum atomic E-state index is -0.353. The molecule has 134 valence electrons. The lowest BCUT2D eigenvalue weighted by Crippen LogP contribution is -2.23. The van der Waals surface area contributed by atoms with E-state index in [-0.39, 0.29) is 11.8 Å². The lowest BCUT2D eigenvalue weighted by Gasteiger charge is -2.12. The SMILES string of the molecule is COc1cccc(-c2ccc(CNC(=O)c3ncco3)c3cnccc23)c1. The largest absolute Gasteiger partial charge is 0.497 e. The molecule has 2 aromatic carbocycles. The standard InChI is InChI=1S/C21H17N3O3/c1-26-16-4-2-3-14(11-16)17-6-5-15(19-13-22-8-7-18(17)19)12-24-20(25)21-23-9-10-27-21/h2-11,13H,12H2,1H3,(H,24,25). The molecule has 27 heavy (non-hydrogen) atoms. The Kier molecular flexibility index (Phi) is 4.53. The van der Waals surface area contributed by atoms with Crippen molar-refractivity contribution >= 4 is 16.7 Å². The topological polar surface area (TPSA) is 77.2 Å². The summed E-state index contributed by atoms with van der Waals surface area (Å²) in [5, 5.41) is 4.86. The van der Waals surface area contributed by atoms with Crippen molar-refractivity contribution in [3.8, 4) is 16.9 Å². The number of carbonyl (C=O) groups excluding carboxylic acids is 1.